The van der Waals surface area contributed by atoms with Gasteiger partial charge in [-0.15, -0.1) is 6.58 Å². The van der Waals surface area contributed by atoms with Gasteiger partial charge in [-0.2, -0.15) is 0 Å². The van der Waals surface area contributed by atoms with E-state index in [1.54, 1.807) is 0 Å². The molecule has 0 atom stereocenters. The lowest BCUT2D eigenvalue weighted by molar-refractivity contribution is -0.127. The van der Waals surface area contributed by atoms with E-state index in [9.17, 15) is 4.79 Å². The monoisotopic (exact) mass is 327 g/mol. The van der Waals surface area contributed by atoms with Gasteiger partial charge in [0.15, 0.2) is 5.16 Å². The first-order chi connectivity index (χ1) is 11.3. The molecule has 1 aliphatic heterocycles. The molecule has 120 valence electrons. The summed E-state index contributed by atoms with van der Waals surface area (Å²) in [6.45, 7) is 6.32. The molecule has 0 aliphatic carbocycles. The molecular formula is C18H21N3OS. The number of imidazole rings is 1. The van der Waals surface area contributed by atoms with E-state index in [2.05, 4.69) is 28.3 Å². The molecular weight excluding hydrogens is 306 g/mol. The molecule has 1 fully saturated rings. The number of allylic oxidation sites excluding steroid dienone is 1. The number of hydrogen-bond donors (Lipinski definition) is 0. The van der Waals surface area contributed by atoms with Crippen molar-refractivity contribution in [2.24, 2.45) is 0 Å². The molecule has 0 radical (unpaired) electrons. The van der Waals surface area contributed by atoms with E-state index in [4.69, 9.17) is 0 Å². The van der Waals surface area contributed by atoms with Crippen LogP contribution in [-0.4, -0.2) is 39.2 Å². The third-order valence-electron chi connectivity index (χ3n) is 3.98. The summed E-state index contributed by atoms with van der Waals surface area (Å²) in [7, 11) is 0. The van der Waals surface area contributed by atoms with Gasteiger partial charge in [0.2, 0.25) is 5.91 Å². The smallest absolute Gasteiger partial charge is 0.233 e. The van der Waals surface area contributed by atoms with Crippen molar-refractivity contribution in [2.45, 2.75) is 24.5 Å². The Morgan fingerprint density at radius 2 is 2.00 bits per heavy atom. The molecule has 1 amide bonds. The lowest BCUT2D eigenvalue weighted by Gasteiger charge is -2.15. The Hall–Kier alpha value is -2.01. The van der Waals surface area contributed by atoms with Gasteiger partial charge in [0.1, 0.15) is 0 Å². The Labute approximate surface area is 141 Å². The fraction of sp³-hybridized carbons (Fsp3) is 0.333. The maximum Gasteiger partial charge on any atom is 0.233 e. The molecule has 5 heteroatoms. The lowest BCUT2D eigenvalue weighted by Crippen LogP contribution is -2.29. The average molecular weight is 327 g/mol. The summed E-state index contributed by atoms with van der Waals surface area (Å²) in [6, 6.07) is 10.2. The minimum Gasteiger partial charge on any atom is -0.342 e. The van der Waals surface area contributed by atoms with Crippen LogP contribution < -0.4 is 0 Å². The Bertz CT molecular complexity index is 675. The van der Waals surface area contributed by atoms with Crippen molar-refractivity contribution < 1.29 is 4.79 Å². The first kappa shape index (κ1) is 15.9. The predicted octanol–water partition coefficient (Wildman–Crippen LogP) is 3.45. The summed E-state index contributed by atoms with van der Waals surface area (Å²) in [4.78, 5) is 18.7. The first-order valence-electron chi connectivity index (χ1n) is 7.92. The number of carbonyl (C=O) groups excluding carboxylic acids is 1. The summed E-state index contributed by atoms with van der Waals surface area (Å²) in [5, 5.41) is 0.872. The van der Waals surface area contributed by atoms with Gasteiger partial charge >= 0.3 is 0 Å². The van der Waals surface area contributed by atoms with Gasteiger partial charge < -0.3 is 9.47 Å². The Kier molecular flexibility index (Phi) is 5.18. The molecule has 0 spiro atoms. The Morgan fingerprint density at radius 3 is 2.70 bits per heavy atom. The number of rotatable bonds is 6. The number of amides is 1. The molecule has 1 aromatic carbocycles. The molecule has 23 heavy (non-hydrogen) atoms. The third-order valence-corrected chi connectivity index (χ3v) is 4.96. The zero-order valence-electron chi connectivity index (χ0n) is 13.1. The van der Waals surface area contributed by atoms with Gasteiger partial charge in [-0.3, -0.25) is 4.79 Å². The van der Waals surface area contributed by atoms with Gasteiger partial charge in [0.05, 0.1) is 17.6 Å². The fourth-order valence-corrected chi connectivity index (χ4v) is 3.69. The molecule has 1 aliphatic rings. The maximum absolute atomic E-state index is 12.2. The number of likely N-dealkylation sites (tertiary alicyclic amines) is 1. The van der Waals surface area contributed by atoms with E-state index in [-0.39, 0.29) is 5.91 Å². The highest BCUT2D eigenvalue weighted by Gasteiger charge is 2.19. The van der Waals surface area contributed by atoms with Crippen LogP contribution in [-0.2, 0) is 11.3 Å². The molecule has 2 aromatic rings. The highest BCUT2D eigenvalue weighted by molar-refractivity contribution is 7.99. The number of nitrogens with zero attached hydrogens (tertiary/aromatic N) is 3. The third kappa shape index (κ3) is 3.67. The van der Waals surface area contributed by atoms with Crippen LogP contribution in [0.3, 0.4) is 0 Å². The van der Waals surface area contributed by atoms with Gasteiger partial charge in [-0.05, 0) is 18.4 Å². The lowest BCUT2D eigenvalue weighted by atomic mass is 10.2. The number of benzene rings is 1. The maximum atomic E-state index is 12.2. The largest absolute Gasteiger partial charge is 0.342 e. The van der Waals surface area contributed by atoms with Crippen LogP contribution in [0, 0.1) is 0 Å². The van der Waals surface area contributed by atoms with Crippen LogP contribution in [0.2, 0.25) is 0 Å². The Morgan fingerprint density at radius 1 is 1.26 bits per heavy atom. The van der Waals surface area contributed by atoms with Crippen LogP contribution in [0.5, 0.6) is 0 Å². The number of carbonyl (C=O) groups is 1. The highest BCUT2D eigenvalue weighted by atomic mass is 32.2. The van der Waals surface area contributed by atoms with Gasteiger partial charge in [0.25, 0.3) is 0 Å². The van der Waals surface area contributed by atoms with E-state index in [0.717, 1.165) is 42.3 Å². The van der Waals surface area contributed by atoms with Gasteiger partial charge in [-0.25, -0.2) is 4.98 Å². The molecule has 0 unspecified atom stereocenters. The minimum absolute atomic E-state index is 0.210. The second-order valence-electron chi connectivity index (χ2n) is 5.57. The van der Waals surface area contributed by atoms with Crippen LogP contribution in [0.15, 0.2) is 54.3 Å². The number of aromatic nitrogens is 2. The first-order valence-corrected chi connectivity index (χ1v) is 8.90. The van der Waals surface area contributed by atoms with Crippen LogP contribution in [0.1, 0.15) is 12.8 Å². The molecule has 3 rings (SSSR count). The predicted molar refractivity (Wildman–Crippen MR) is 94.4 cm³/mol. The number of hydrogen-bond acceptors (Lipinski definition) is 3. The van der Waals surface area contributed by atoms with Crippen molar-refractivity contribution in [3.05, 3.63) is 49.2 Å². The molecule has 0 saturated carbocycles. The van der Waals surface area contributed by atoms with Crippen molar-refractivity contribution in [1.29, 1.82) is 0 Å². The average Bonchev–Trinajstić information content (AvgIpc) is 3.24. The summed E-state index contributed by atoms with van der Waals surface area (Å²) in [5.41, 5.74) is 2.18. The summed E-state index contributed by atoms with van der Waals surface area (Å²) >= 11 is 1.51. The molecule has 0 bridgehead atoms. The minimum atomic E-state index is 0.210. The number of thioether (sulfide) groups is 1. The molecule has 0 N–H and O–H groups in total. The van der Waals surface area contributed by atoms with Crippen molar-refractivity contribution in [3.8, 4) is 11.3 Å². The van der Waals surface area contributed by atoms with Crippen LogP contribution in [0.25, 0.3) is 11.3 Å². The summed E-state index contributed by atoms with van der Waals surface area (Å²) < 4.78 is 2.12. The summed E-state index contributed by atoms with van der Waals surface area (Å²) in [6.07, 6.45) is 5.99. The van der Waals surface area contributed by atoms with E-state index in [1.807, 2.05) is 35.4 Å². The molecule has 4 nitrogen and oxygen atoms in total. The second-order valence-corrected chi connectivity index (χ2v) is 6.51. The zero-order chi connectivity index (χ0) is 16.1. The van der Waals surface area contributed by atoms with Crippen LogP contribution in [0.4, 0.5) is 0 Å². The SMILES string of the molecule is C=CCn1c(-c2ccccc2)cnc1SCC(=O)N1CCCC1. The van der Waals surface area contributed by atoms with E-state index >= 15 is 0 Å². The van der Waals surface area contributed by atoms with Crippen molar-refractivity contribution in [3.63, 3.8) is 0 Å². The second kappa shape index (κ2) is 7.51. The quantitative estimate of drug-likeness (QED) is 0.602. The van der Waals surface area contributed by atoms with E-state index in [0.29, 0.717) is 12.3 Å². The van der Waals surface area contributed by atoms with E-state index < -0.39 is 0 Å². The topological polar surface area (TPSA) is 38.1 Å². The summed E-state index contributed by atoms with van der Waals surface area (Å²) in [5.74, 6) is 0.657. The normalized spacial score (nSPS) is 14.2. The molecule has 1 saturated heterocycles. The van der Waals surface area contributed by atoms with Gasteiger partial charge in [-0.1, -0.05) is 48.2 Å². The van der Waals surface area contributed by atoms with Crippen molar-refractivity contribution in [1.82, 2.24) is 14.5 Å². The zero-order valence-corrected chi connectivity index (χ0v) is 14.0. The van der Waals surface area contributed by atoms with Crippen molar-refractivity contribution in [2.75, 3.05) is 18.8 Å². The molecule has 1 aromatic heterocycles. The molecule has 2 heterocycles. The van der Waals surface area contributed by atoms with E-state index in [1.165, 1.54) is 11.8 Å². The Balaban J connectivity index is 1.75. The van der Waals surface area contributed by atoms with Gasteiger partial charge in [0, 0.05) is 19.6 Å². The van der Waals surface area contributed by atoms with Crippen molar-refractivity contribution >= 4 is 17.7 Å². The standard InChI is InChI=1S/C18H21N3OS/c1-2-10-21-16(15-8-4-3-5-9-15)13-19-18(21)23-14-17(22)20-11-6-7-12-20/h2-5,8-9,13H,1,6-7,10-12,14H2. The highest BCUT2D eigenvalue weighted by Crippen LogP contribution is 2.26. The fourth-order valence-electron chi connectivity index (χ4n) is 2.80. The van der Waals surface area contributed by atoms with Crippen LogP contribution >= 0.6 is 11.8 Å².